The summed E-state index contributed by atoms with van der Waals surface area (Å²) in [6.07, 6.45) is 5.57. The predicted octanol–water partition coefficient (Wildman–Crippen LogP) is 1.30. The minimum absolute atomic E-state index is 0.0186. The molecule has 0 aromatic carbocycles. The second-order valence-electron chi connectivity index (χ2n) is 7.24. The standard InChI is InChI=1S/C16H28N2O3/c1-16(2,7-8-19)11-17-15(21)12-9-14(20)18(10-12)13-5-3-4-6-13/h12-13,19H,3-11H2,1-2H3,(H,17,21). The van der Waals surface area contributed by atoms with Crippen LogP contribution in [-0.2, 0) is 9.59 Å². The molecule has 2 rings (SSSR count). The van der Waals surface area contributed by atoms with Gasteiger partial charge >= 0.3 is 0 Å². The van der Waals surface area contributed by atoms with Crippen LogP contribution in [0, 0.1) is 11.3 Å². The van der Waals surface area contributed by atoms with Gasteiger partial charge in [-0.25, -0.2) is 0 Å². The van der Waals surface area contributed by atoms with Crippen LogP contribution >= 0.6 is 0 Å². The molecule has 1 aliphatic carbocycles. The molecule has 0 radical (unpaired) electrons. The molecule has 5 heteroatoms. The molecule has 0 aromatic heterocycles. The summed E-state index contributed by atoms with van der Waals surface area (Å²) in [5.74, 6) is -0.0884. The van der Waals surface area contributed by atoms with Crippen LogP contribution < -0.4 is 5.32 Å². The highest BCUT2D eigenvalue weighted by Crippen LogP contribution is 2.29. The van der Waals surface area contributed by atoms with Crippen LogP contribution in [0.2, 0.25) is 0 Å². The third-order valence-electron chi connectivity index (χ3n) is 4.82. The molecule has 2 N–H and O–H groups in total. The number of nitrogens with zero attached hydrogens (tertiary/aromatic N) is 1. The van der Waals surface area contributed by atoms with Crippen molar-refractivity contribution in [3.8, 4) is 0 Å². The lowest BCUT2D eigenvalue weighted by molar-refractivity contribution is -0.130. The van der Waals surface area contributed by atoms with Crippen molar-refractivity contribution < 1.29 is 14.7 Å². The summed E-state index contributed by atoms with van der Waals surface area (Å²) in [5.41, 5.74) is -0.113. The van der Waals surface area contributed by atoms with Crippen LogP contribution in [0.25, 0.3) is 0 Å². The second-order valence-corrected chi connectivity index (χ2v) is 7.24. The fourth-order valence-corrected chi connectivity index (χ4v) is 3.34. The molecule has 1 saturated carbocycles. The Labute approximate surface area is 127 Å². The van der Waals surface area contributed by atoms with E-state index in [1.54, 1.807) is 0 Å². The fraction of sp³-hybridized carbons (Fsp3) is 0.875. The highest BCUT2D eigenvalue weighted by Gasteiger charge is 2.38. The first-order valence-corrected chi connectivity index (χ1v) is 8.11. The molecule has 0 bridgehead atoms. The molecule has 0 spiro atoms. The molecular weight excluding hydrogens is 268 g/mol. The van der Waals surface area contributed by atoms with Crippen molar-refractivity contribution in [2.45, 2.75) is 58.4 Å². The smallest absolute Gasteiger partial charge is 0.225 e. The summed E-state index contributed by atoms with van der Waals surface area (Å²) in [6.45, 7) is 5.29. The number of carbonyl (C=O) groups excluding carboxylic acids is 2. The third-order valence-corrected chi connectivity index (χ3v) is 4.82. The number of amides is 2. The second kappa shape index (κ2) is 6.77. The van der Waals surface area contributed by atoms with E-state index in [9.17, 15) is 9.59 Å². The van der Waals surface area contributed by atoms with Gasteiger partial charge in [0.1, 0.15) is 0 Å². The van der Waals surface area contributed by atoms with Crippen molar-refractivity contribution in [1.29, 1.82) is 0 Å². The molecule has 21 heavy (non-hydrogen) atoms. The van der Waals surface area contributed by atoms with Gasteiger partial charge in [0.25, 0.3) is 0 Å². The fourth-order valence-electron chi connectivity index (χ4n) is 3.34. The van der Waals surface area contributed by atoms with Crippen LogP contribution in [-0.4, -0.2) is 47.6 Å². The Morgan fingerprint density at radius 1 is 1.38 bits per heavy atom. The van der Waals surface area contributed by atoms with Crippen molar-refractivity contribution in [3.05, 3.63) is 0 Å². The Bertz CT molecular complexity index is 389. The summed E-state index contributed by atoms with van der Waals surface area (Å²) in [6, 6.07) is 0.362. The highest BCUT2D eigenvalue weighted by molar-refractivity contribution is 5.89. The van der Waals surface area contributed by atoms with Gasteiger partial charge in [0.2, 0.25) is 11.8 Å². The molecule has 1 saturated heterocycles. The molecule has 2 aliphatic rings. The summed E-state index contributed by atoms with van der Waals surface area (Å²) in [5, 5.41) is 12.0. The Morgan fingerprint density at radius 2 is 2.05 bits per heavy atom. The number of hydrogen-bond donors (Lipinski definition) is 2. The van der Waals surface area contributed by atoms with Gasteiger partial charge in [-0.1, -0.05) is 26.7 Å². The van der Waals surface area contributed by atoms with Crippen LogP contribution in [0.5, 0.6) is 0 Å². The van der Waals surface area contributed by atoms with Gasteiger partial charge in [-0.3, -0.25) is 9.59 Å². The molecular formula is C16H28N2O3. The maximum atomic E-state index is 12.2. The average molecular weight is 296 g/mol. The van der Waals surface area contributed by atoms with E-state index in [0.717, 1.165) is 12.8 Å². The SMILES string of the molecule is CC(C)(CCO)CNC(=O)C1CC(=O)N(C2CCCC2)C1. The summed E-state index contributed by atoms with van der Waals surface area (Å²) in [4.78, 5) is 26.3. The topological polar surface area (TPSA) is 69.6 Å². The largest absolute Gasteiger partial charge is 0.396 e. The number of hydrogen-bond acceptors (Lipinski definition) is 3. The van der Waals surface area contributed by atoms with E-state index >= 15 is 0 Å². The van der Waals surface area contributed by atoms with E-state index in [0.29, 0.717) is 32.0 Å². The van der Waals surface area contributed by atoms with E-state index in [-0.39, 0.29) is 29.8 Å². The lowest BCUT2D eigenvalue weighted by Gasteiger charge is -2.25. The third kappa shape index (κ3) is 4.19. The minimum atomic E-state index is -0.206. The van der Waals surface area contributed by atoms with Crippen molar-refractivity contribution in [2.75, 3.05) is 19.7 Å². The number of carbonyl (C=O) groups is 2. The first kappa shape index (κ1) is 16.3. The molecule has 2 fully saturated rings. The van der Waals surface area contributed by atoms with Gasteiger partial charge < -0.3 is 15.3 Å². The molecule has 1 aliphatic heterocycles. The zero-order valence-corrected chi connectivity index (χ0v) is 13.2. The monoisotopic (exact) mass is 296 g/mol. The lowest BCUT2D eigenvalue weighted by atomic mass is 9.89. The van der Waals surface area contributed by atoms with Crippen LogP contribution in [0.4, 0.5) is 0 Å². The Kier molecular flexibility index (Phi) is 5.25. The van der Waals surface area contributed by atoms with Crippen molar-refractivity contribution in [2.24, 2.45) is 11.3 Å². The zero-order valence-electron chi connectivity index (χ0n) is 13.2. The van der Waals surface area contributed by atoms with E-state index in [1.807, 2.05) is 18.7 Å². The molecule has 1 unspecified atom stereocenters. The molecule has 5 nitrogen and oxygen atoms in total. The summed E-state index contributed by atoms with van der Waals surface area (Å²) < 4.78 is 0. The molecule has 2 amide bonds. The molecule has 1 atom stereocenters. The van der Waals surface area contributed by atoms with Gasteiger partial charge in [-0.15, -0.1) is 0 Å². The predicted molar refractivity (Wildman–Crippen MR) is 80.6 cm³/mol. The Balaban J connectivity index is 1.82. The van der Waals surface area contributed by atoms with Crippen LogP contribution in [0.1, 0.15) is 52.4 Å². The number of aliphatic hydroxyl groups is 1. The zero-order chi connectivity index (χ0) is 15.5. The number of nitrogens with one attached hydrogen (secondary N) is 1. The average Bonchev–Trinajstić information content (AvgIpc) is 3.04. The highest BCUT2D eigenvalue weighted by atomic mass is 16.3. The summed E-state index contributed by atoms with van der Waals surface area (Å²) in [7, 11) is 0. The lowest BCUT2D eigenvalue weighted by Crippen LogP contribution is -2.40. The number of likely N-dealkylation sites (tertiary alicyclic amines) is 1. The maximum absolute atomic E-state index is 12.2. The van der Waals surface area contributed by atoms with Crippen LogP contribution in [0.15, 0.2) is 0 Å². The van der Waals surface area contributed by atoms with Gasteiger partial charge in [0, 0.05) is 32.2 Å². The van der Waals surface area contributed by atoms with E-state index in [1.165, 1.54) is 12.8 Å². The van der Waals surface area contributed by atoms with Gasteiger partial charge in [0.15, 0.2) is 0 Å². The molecule has 120 valence electrons. The molecule has 0 aromatic rings. The number of aliphatic hydroxyl groups excluding tert-OH is 1. The van der Waals surface area contributed by atoms with E-state index in [2.05, 4.69) is 5.32 Å². The number of rotatable bonds is 6. The van der Waals surface area contributed by atoms with Gasteiger partial charge in [0.05, 0.1) is 5.92 Å². The Morgan fingerprint density at radius 3 is 2.67 bits per heavy atom. The van der Waals surface area contributed by atoms with Gasteiger partial charge in [-0.2, -0.15) is 0 Å². The molecule has 1 heterocycles. The maximum Gasteiger partial charge on any atom is 0.225 e. The first-order valence-electron chi connectivity index (χ1n) is 8.11. The normalized spacial score (nSPS) is 23.9. The van der Waals surface area contributed by atoms with Crippen molar-refractivity contribution in [1.82, 2.24) is 10.2 Å². The van der Waals surface area contributed by atoms with Gasteiger partial charge in [-0.05, 0) is 24.7 Å². The van der Waals surface area contributed by atoms with E-state index < -0.39 is 0 Å². The first-order chi connectivity index (χ1) is 9.93. The van der Waals surface area contributed by atoms with Crippen molar-refractivity contribution >= 4 is 11.8 Å². The minimum Gasteiger partial charge on any atom is -0.396 e. The quantitative estimate of drug-likeness (QED) is 0.776. The van der Waals surface area contributed by atoms with Crippen molar-refractivity contribution in [3.63, 3.8) is 0 Å². The van der Waals surface area contributed by atoms with E-state index in [4.69, 9.17) is 5.11 Å². The Hall–Kier alpha value is -1.10. The van der Waals surface area contributed by atoms with Crippen LogP contribution in [0.3, 0.4) is 0 Å². The summed E-state index contributed by atoms with van der Waals surface area (Å²) >= 11 is 0.